The zero-order valence-electron chi connectivity index (χ0n) is 16.8. The normalized spacial score (nSPS) is 19.9. The fourth-order valence-corrected chi connectivity index (χ4v) is 3.25. The molecule has 1 heterocycles. The average molecular weight is 363 g/mol. The molecule has 0 aromatic heterocycles. The minimum absolute atomic E-state index is 0.422. The number of ether oxygens (including phenoxy) is 2. The third-order valence-corrected chi connectivity index (χ3v) is 4.74. The maximum Gasteiger partial charge on any atom is 0.191 e. The van der Waals surface area contributed by atoms with E-state index in [9.17, 15) is 0 Å². The lowest BCUT2D eigenvalue weighted by molar-refractivity contribution is -0.0174. The molecule has 0 aliphatic carbocycles. The first kappa shape index (κ1) is 20.5. The summed E-state index contributed by atoms with van der Waals surface area (Å²) in [7, 11) is 1.80. The first-order valence-electron chi connectivity index (χ1n) is 9.55. The molecule has 0 radical (unpaired) electrons. The molecular formula is C20H34N4O2. The summed E-state index contributed by atoms with van der Waals surface area (Å²) in [5.74, 6) is 1.74. The molecule has 1 fully saturated rings. The molecular weight excluding hydrogens is 328 g/mol. The van der Waals surface area contributed by atoms with E-state index in [1.54, 1.807) is 7.05 Å². The summed E-state index contributed by atoms with van der Waals surface area (Å²) in [4.78, 5) is 6.83. The van der Waals surface area contributed by atoms with Crippen LogP contribution in [0.1, 0.15) is 31.9 Å². The zero-order chi connectivity index (χ0) is 18.9. The van der Waals surface area contributed by atoms with E-state index in [-0.39, 0.29) is 0 Å². The van der Waals surface area contributed by atoms with Crippen LogP contribution in [0.25, 0.3) is 0 Å². The van der Waals surface area contributed by atoms with Gasteiger partial charge in [0.05, 0.1) is 19.8 Å². The molecule has 26 heavy (non-hydrogen) atoms. The number of nitrogens with one attached hydrogen (secondary N) is 2. The van der Waals surface area contributed by atoms with Gasteiger partial charge in [-0.15, -0.1) is 0 Å². The first-order valence-corrected chi connectivity index (χ1v) is 9.55. The molecule has 0 bridgehead atoms. The van der Waals surface area contributed by atoms with Crippen LogP contribution in [0.5, 0.6) is 5.75 Å². The molecule has 2 unspecified atom stereocenters. The molecule has 1 aromatic carbocycles. The standard InChI is InChI=1S/C20H34N4O2/c1-6-26-19-11-15(2)7-8-18(19)13-23-20(21-5)22-12-16(3)24-9-10-25-14-17(24)4/h7-8,11,16-17H,6,9-10,12-14H2,1-5H3,(H2,21,22,23). The maximum absolute atomic E-state index is 5.75. The summed E-state index contributed by atoms with van der Waals surface area (Å²) >= 11 is 0. The second kappa shape index (κ2) is 10.4. The van der Waals surface area contributed by atoms with Gasteiger partial charge in [-0.05, 0) is 39.3 Å². The fourth-order valence-electron chi connectivity index (χ4n) is 3.25. The fraction of sp³-hybridized carbons (Fsp3) is 0.650. The van der Waals surface area contributed by atoms with Gasteiger partial charge in [-0.3, -0.25) is 9.89 Å². The van der Waals surface area contributed by atoms with Gasteiger partial charge in [0.25, 0.3) is 0 Å². The van der Waals surface area contributed by atoms with Crippen molar-refractivity contribution >= 4 is 5.96 Å². The lowest BCUT2D eigenvalue weighted by atomic mass is 10.1. The lowest BCUT2D eigenvalue weighted by Crippen LogP contribution is -2.52. The largest absolute Gasteiger partial charge is 0.494 e. The molecule has 6 heteroatoms. The van der Waals surface area contributed by atoms with E-state index in [2.05, 4.69) is 59.5 Å². The molecule has 1 aromatic rings. The predicted molar refractivity (Wildman–Crippen MR) is 107 cm³/mol. The van der Waals surface area contributed by atoms with Crippen LogP contribution >= 0.6 is 0 Å². The topological polar surface area (TPSA) is 58.1 Å². The Bertz CT molecular complexity index is 591. The Hall–Kier alpha value is -1.79. The highest BCUT2D eigenvalue weighted by molar-refractivity contribution is 5.79. The monoisotopic (exact) mass is 362 g/mol. The first-order chi connectivity index (χ1) is 12.5. The molecule has 1 saturated heterocycles. The van der Waals surface area contributed by atoms with Crippen molar-refractivity contribution in [2.24, 2.45) is 4.99 Å². The Labute approximate surface area is 158 Å². The highest BCUT2D eigenvalue weighted by Crippen LogP contribution is 2.20. The third kappa shape index (κ3) is 5.88. The molecule has 2 N–H and O–H groups in total. The van der Waals surface area contributed by atoms with Gasteiger partial charge in [0.15, 0.2) is 5.96 Å². The minimum Gasteiger partial charge on any atom is -0.494 e. The van der Waals surface area contributed by atoms with Crippen LogP contribution in [-0.2, 0) is 11.3 Å². The molecule has 2 atom stereocenters. The third-order valence-electron chi connectivity index (χ3n) is 4.74. The van der Waals surface area contributed by atoms with Crippen LogP contribution in [0.3, 0.4) is 0 Å². The van der Waals surface area contributed by atoms with Crippen LogP contribution in [0.15, 0.2) is 23.2 Å². The van der Waals surface area contributed by atoms with Crippen molar-refractivity contribution in [1.82, 2.24) is 15.5 Å². The van der Waals surface area contributed by atoms with E-state index in [0.717, 1.165) is 43.6 Å². The average Bonchev–Trinajstić information content (AvgIpc) is 2.63. The minimum atomic E-state index is 0.422. The Kier molecular flexibility index (Phi) is 8.19. The summed E-state index contributed by atoms with van der Waals surface area (Å²) < 4.78 is 11.3. The zero-order valence-corrected chi connectivity index (χ0v) is 16.8. The summed E-state index contributed by atoms with van der Waals surface area (Å²) in [6.07, 6.45) is 0. The quantitative estimate of drug-likeness (QED) is 0.575. The van der Waals surface area contributed by atoms with Crippen LogP contribution < -0.4 is 15.4 Å². The van der Waals surface area contributed by atoms with Gasteiger partial charge < -0.3 is 20.1 Å². The van der Waals surface area contributed by atoms with Gasteiger partial charge in [-0.2, -0.15) is 0 Å². The molecule has 146 valence electrons. The van der Waals surface area contributed by atoms with Gasteiger partial charge >= 0.3 is 0 Å². The van der Waals surface area contributed by atoms with Gasteiger partial charge in [-0.1, -0.05) is 12.1 Å². The van der Waals surface area contributed by atoms with E-state index >= 15 is 0 Å². The van der Waals surface area contributed by atoms with Crippen molar-refractivity contribution in [1.29, 1.82) is 0 Å². The SMILES string of the molecule is CCOc1cc(C)ccc1CNC(=NC)NCC(C)N1CCOCC1C. The maximum atomic E-state index is 5.75. The Morgan fingerprint density at radius 3 is 2.92 bits per heavy atom. The van der Waals surface area contributed by atoms with Gasteiger partial charge in [0.1, 0.15) is 5.75 Å². The van der Waals surface area contributed by atoms with Crippen LogP contribution in [0.2, 0.25) is 0 Å². The summed E-state index contributed by atoms with van der Waals surface area (Å²) in [6, 6.07) is 7.18. The van der Waals surface area contributed by atoms with Gasteiger partial charge in [-0.25, -0.2) is 0 Å². The summed E-state index contributed by atoms with van der Waals surface area (Å²) in [6.45, 7) is 13.3. The molecule has 0 saturated carbocycles. The second-order valence-electron chi connectivity index (χ2n) is 6.86. The number of rotatable bonds is 7. The Morgan fingerprint density at radius 2 is 2.23 bits per heavy atom. The number of hydrogen-bond acceptors (Lipinski definition) is 4. The van der Waals surface area contributed by atoms with Crippen molar-refractivity contribution in [3.63, 3.8) is 0 Å². The Balaban J connectivity index is 1.86. The Morgan fingerprint density at radius 1 is 1.42 bits per heavy atom. The number of aryl methyl sites for hydroxylation is 1. The van der Waals surface area contributed by atoms with Crippen molar-refractivity contribution in [2.45, 2.75) is 46.3 Å². The van der Waals surface area contributed by atoms with Gasteiger partial charge in [0.2, 0.25) is 0 Å². The number of nitrogens with zero attached hydrogens (tertiary/aromatic N) is 2. The number of aliphatic imine (C=N–C) groups is 1. The second-order valence-corrected chi connectivity index (χ2v) is 6.86. The van der Waals surface area contributed by atoms with Crippen LogP contribution in [0, 0.1) is 6.92 Å². The summed E-state index contributed by atoms with van der Waals surface area (Å²) in [5, 5.41) is 6.82. The predicted octanol–water partition coefficient (Wildman–Crippen LogP) is 2.17. The van der Waals surface area contributed by atoms with Crippen LogP contribution in [-0.4, -0.2) is 62.9 Å². The molecule has 1 aliphatic rings. The molecule has 1 aliphatic heterocycles. The van der Waals surface area contributed by atoms with Crippen molar-refractivity contribution in [3.8, 4) is 5.75 Å². The highest BCUT2D eigenvalue weighted by atomic mass is 16.5. The van der Waals surface area contributed by atoms with E-state index in [4.69, 9.17) is 9.47 Å². The van der Waals surface area contributed by atoms with E-state index in [1.165, 1.54) is 5.56 Å². The van der Waals surface area contributed by atoms with E-state index in [0.29, 0.717) is 25.2 Å². The smallest absolute Gasteiger partial charge is 0.191 e. The number of benzene rings is 1. The highest BCUT2D eigenvalue weighted by Gasteiger charge is 2.23. The van der Waals surface area contributed by atoms with Crippen molar-refractivity contribution < 1.29 is 9.47 Å². The summed E-state index contributed by atoms with van der Waals surface area (Å²) in [5.41, 5.74) is 2.34. The molecule has 0 amide bonds. The van der Waals surface area contributed by atoms with Gasteiger partial charge in [0, 0.05) is 44.3 Å². The van der Waals surface area contributed by atoms with E-state index in [1.807, 2.05) is 6.92 Å². The lowest BCUT2D eigenvalue weighted by Gasteiger charge is -2.38. The van der Waals surface area contributed by atoms with Crippen molar-refractivity contribution in [2.75, 3.05) is 40.0 Å². The number of hydrogen-bond donors (Lipinski definition) is 2. The number of guanidine groups is 1. The molecule has 2 rings (SSSR count). The van der Waals surface area contributed by atoms with Crippen LogP contribution in [0.4, 0.5) is 0 Å². The van der Waals surface area contributed by atoms with E-state index < -0.39 is 0 Å². The molecule has 6 nitrogen and oxygen atoms in total. The molecule has 0 spiro atoms. The van der Waals surface area contributed by atoms with Crippen molar-refractivity contribution in [3.05, 3.63) is 29.3 Å². The number of morpholine rings is 1.